The summed E-state index contributed by atoms with van der Waals surface area (Å²) in [7, 11) is 0. The Kier molecular flexibility index (Phi) is 13.6. The first-order valence-electron chi connectivity index (χ1n) is 14.6. The second kappa shape index (κ2) is 16.3. The van der Waals surface area contributed by atoms with Crippen LogP contribution in [-0.2, 0) is 14.3 Å². The number of aromatic hydroxyl groups is 1. The zero-order chi connectivity index (χ0) is 28.8. The van der Waals surface area contributed by atoms with E-state index in [1.807, 2.05) is 0 Å². The number of nitrogens with zero attached hydrogens (tertiary/aromatic N) is 1. The lowest BCUT2D eigenvalue weighted by Crippen LogP contribution is -2.55. The third-order valence-corrected chi connectivity index (χ3v) is 6.90. The van der Waals surface area contributed by atoms with Crippen LogP contribution < -0.4 is 10.6 Å². The SMILES string of the molecule is CCCCCCCCN(C(=O)C(CO)NC(=O)OC(C)(C)C)C(C(=O)NC1CCCCC1)c1cccc(O)c1. The molecule has 1 aliphatic rings. The molecule has 39 heavy (non-hydrogen) atoms. The summed E-state index contributed by atoms with van der Waals surface area (Å²) in [5.74, 6) is -0.926. The highest BCUT2D eigenvalue weighted by atomic mass is 16.6. The van der Waals surface area contributed by atoms with E-state index < -0.39 is 36.3 Å². The molecule has 1 aliphatic carbocycles. The Morgan fingerprint density at radius 2 is 1.72 bits per heavy atom. The maximum atomic E-state index is 13.9. The second-order valence-electron chi connectivity index (χ2n) is 11.5. The average molecular weight is 548 g/mol. The minimum Gasteiger partial charge on any atom is -0.508 e. The van der Waals surface area contributed by atoms with Gasteiger partial charge in [-0.15, -0.1) is 0 Å². The summed E-state index contributed by atoms with van der Waals surface area (Å²) in [6.45, 7) is 6.89. The van der Waals surface area contributed by atoms with Gasteiger partial charge in [0.1, 0.15) is 23.4 Å². The molecule has 2 unspecified atom stereocenters. The van der Waals surface area contributed by atoms with Crippen molar-refractivity contribution in [3.63, 3.8) is 0 Å². The van der Waals surface area contributed by atoms with E-state index in [0.717, 1.165) is 64.2 Å². The Labute approximate surface area is 233 Å². The number of aliphatic hydroxyl groups is 1. The zero-order valence-corrected chi connectivity index (χ0v) is 24.2. The number of phenols is 1. The molecule has 1 aromatic rings. The fourth-order valence-corrected chi connectivity index (χ4v) is 4.96. The smallest absolute Gasteiger partial charge is 0.408 e. The predicted molar refractivity (Wildman–Crippen MR) is 151 cm³/mol. The molecule has 0 aliphatic heterocycles. The molecule has 1 fully saturated rings. The molecule has 9 nitrogen and oxygen atoms in total. The van der Waals surface area contributed by atoms with Gasteiger partial charge in [-0.2, -0.15) is 0 Å². The van der Waals surface area contributed by atoms with Gasteiger partial charge in [0, 0.05) is 12.6 Å². The van der Waals surface area contributed by atoms with Crippen molar-refractivity contribution < 1.29 is 29.3 Å². The van der Waals surface area contributed by atoms with Crippen molar-refractivity contribution >= 4 is 17.9 Å². The highest BCUT2D eigenvalue weighted by Crippen LogP contribution is 2.27. The lowest BCUT2D eigenvalue weighted by Gasteiger charge is -2.35. The molecule has 0 saturated heterocycles. The van der Waals surface area contributed by atoms with E-state index in [9.17, 15) is 24.6 Å². The van der Waals surface area contributed by atoms with Crippen LogP contribution in [0.5, 0.6) is 5.75 Å². The van der Waals surface area contributed by atoms with E-state index in [0.29, 0.717) is 12.0 Å². The Balaban J connectivity index is 2.36. The molecule has 2 rings (SSSR count). The number of benzene rings is 1. The molecular weight excluding hydrogens is 498 g/mol. The molecule has 1 aromatic carbocycles. The van der Waals surface area contributed by atoms with Crippen LogP contribution >= 0.6 is 0 Å². The molecule has 3 amide bonds. The first kappa shape index (κ1) is 32.4. The molecule has 0 spiro atoms. The molecule has 0 radical (unpaired) electrons. The minimum atomic E-state index is -1.29. The van der Waals surface area contributed by atoms with E-state index >= 15 is 0 Å². The van der Waals surface area contributed by atoms with Crippen LogP contribution in [0.15, 0.2) is 24.3 Å². The summed E-state index contributed by atoms with van der Waals surface area (Å²) >= 11 is 0. The van der Waals surface area contributed by atoms with E-state index in [-0.39, 0.29) is 24.2 Å². The summed E-state index contributed by atoms with van der Waals surface area (Å²) in [5, 5.41) is 25.9. The third kappa shape index (κ3) is 11.4. The van der Waals surface area contributed by atoms with Crippen molar-refractivity contribution in [2.75, 3.05) is 13.2 Å². The number of hydrogen-bond acceptors (Lipinski definition) is 6. The van der Waals surface area contributed by atoms with Crippen LogP contribution in [0.1, 0.15) is 110 Å². The maximum absolute atomic E-state index is 13.9. The van der Waals surface area contributed by atoms with E-state index in [4.69, 9.17) is 4.74 Å². The van der Waals surface area contributed by atoms with Crippen LogP contribution in [0.3, 0.4) is 0 Å². The van der Waals surface area contributed by atoms with Gasteiger partial charge in [0.2, 0.25) is 11.8 Å². The molecule has 2 atom stereocenters. The van der Waals surface area contributed by atoms with Gasteiger partial charge in [-0.3, -0.25) is 9.59 Å². The number of carbonyl (C=O) groups excluding carboxylic acids is 3. The number of phenolic OH excluding ortho intramolecular Hbond substituents is 1. The van der Waals surface area contributed by atoms with Gasteiger partial charge < -0.3 is 30.5 Å². The van der Waals surface area contributed by atoms with Crippen LogP contribution in [0.25, 0.3) is 0 Å². The summed E-state index contributed by atoms with van der Waals surface area (Å²) in [6, 6.07) is 4.05. The van der Waals surface area contributed by atoms with Gasteiger partial charge in [-0.25, -0.2) is 4.79 Å². The van der Waals surface area contributed by atoms with Crippen molar-refractivity contribution in [1.82, 2.24) is 15.5 Å². The number of unbranched alkanes of at least 4 members (excludes halogenated alkanes) is 5. The van der Waals surface area contributed by atoms with Gasteiger partial charge in [-0.1, -0.05) is 70.4 Å². The van der Waals surface area contributed by atoms with Gasteiger partial charge >= 0.3 is 6.09 Å². The number of carbonyl (C=O) groups is 3. The molecule has 9 heteroatoms. The predicted octanol–water partition coefficient (Wildman–Crippen LogP) is 4.96. The first-order chi connectivity index (χ1) is 18.6. The van der Waals surface area contributed by atoms with E-state index in [2.05, 4.69) is 17.6 Å². The largest absolute Gasteiger partial charge is 0.508 e. The second-order valence-corrected chi connectivity index (χ2v) is 11.5. The Morgan fingerprint density at radius 1 is 1.05 bits per heavy atom. The maximum Gasteiger partial charge on any atom is 0.408 e. The van der Waals surface area contributed by atoms with Crippen molar-refractivity contribution in [3.8, 4) is 5.75 Å². The van der Waals surface area contributed by atoms with E-state index in [1.54, 1.807) is 32.9 Å². The quantitative estimate of drug-likeness (QED) is 0.244. The summed E-state index contributed by atoms with van der Waals surface area (Å²) in [4.78, 5) is 41.6. The number of aliphatic hydroxyl groups excluding tert-OH is 1. The van der Waals surface area contributed by atoms with Gasteiger partial charge in [0.25, 0.3) is 0 Å². The van der Waals surface area contributed by atoms with Crippen LogP contribution in [-0.4, -0.2) is 63.9 Å². The van der Waals surface area contributed by atoms with E-state index in [1.165, 1.54) is 17.0 Å². The number of rotatable bonds is 14. The number of hydrogen-bond donors (Lipinski definition) is 4. The standard InChI is InChI=1S/C30H49N3O6/c1-5-6-7-8-9-13-19-33(28(37)25(21-34)32-29(38)39-30(2,3)4)26(22-15-14-18-24(35)20-22)27(36)31-23-16-11-10-12-17-23/h14-15,18,20,23,25-26,34-35H,5-13,16-17,19,21H2,1-4H3,(H,31,36)(H,32,38). The number of nitrogens with one attached hydrogen (secondary N) is 2. The summed E-state index contributed by atoms with van der Waals surface area (Å²) in [5.41, 5.74) is -0.313. The topological polar surface area (TPSA) is 128 Å². The minimum absolute atomic E-state index is 0.0134. The molecule has 0 aromatic heterocycles. The van der Waals surface area contributed by atoms with Crippen LogP contribution in [0.2, 0.25) is 0 Å². The van der Waals surface area contributed by atoms with Crippen molar-refractivity contribution in [2.45, 2.75) is 122 Å². The van der Waals surface area contributed by atoms with Gasteiger partial charge in [-0.05, 0) is 57.7 Å². The lowest BCUT2D eigenvalue weighted by atomic mass is 9.94. The number of amides is 3. The Bertz CT molecular complexity index is 910. The third-order valence-electron chi connectivity index (χ3n) is 6.90. The monoisotopic (exact) mass is 547 g/mol. The fourth-order valence-electron chi connectivity index (χ4n) is 4.96. The molecule has 0 bridgehead atoms. The molecule has 1 saturated carbocycles. The molecular formula is C30H49N3O6. The molecule has 4 N–H and O–H groups in total. The Morgan fingerprint density at radius 3 is 2.33 bits per heavy atom. The first-order valence-corrected chi connectivity index (χ1v) is 14.6. The highest BCUT2D eigenvalue weighted by Gasteiger charge is 2.36. The normalized spacial score (nSPS) is 15.7. The average Bonchev–Trinajstić information content (AvgIpc) is 2.87. The van der Waals surface area contributed by atoms with Crippen molar-refractivity contribution in [1.29, 1.82) is 0 Å². The molecule has 220 valence electrons. The van der Waals surface area contributed by atoms with Crippen LogP contribution in [0.4, 0.5) is 4.79 Å². The van der Waals surface area contributed by atoms with Crippen molar-refractivity contribution in [3.05, 3.63) is 29.8 Å². The summed E-state index contributed by atoms with van der Waals surface area (Å²) in [6.07, 6.45) is 10.1. The van der Waals surface area contributed by atoms with Crippen LogP contribution in [0, 0.1) is 0 Å². The highest BCUT2D eigenvalue weighted by molar-refractivity contribution is 5.92. The fraction of sp³-hybridized carbons (Fsp3) is 0.700. The van der Waals surface area contributed by atoms with Crippen molar-refractivity contribution in [2.24, 2.45) is 0 Å². The summed E-state index contributed by atoms with van der Waals surface area (Å²) < 4.78 is 5.30. The molecule has 0 heterocycles. The lowest BCUT2D eigenvalue weighted by molar-refractivity contribution is -0.143. The van der Waals surface area contributed by atoms with Gasteiger partial charge in [0.05, 0.1) is 6.61 Å². The number of alkyl carbamates (subject to hydrolysis) is 1. The number of ether oxygens (including phenoxy) is 1. The van der Waals surface area contributed by atoms with Gasteiger partial charge in [0.15, 0.2) is 0 Å². The zero-order valence-electron chi connectivity index (χ0n) is 24.2. The Hall–Kier alpha value is -2.81.